The molecule has 6 heteroatoms. The quantitative estimate of drug-likeness (QED) is 0.269. The van der Waals surface area contributed by atoms with Gasteiger partial charge in [-0.25, -0.2) is 0 Å². The van der Waals surface area contributed by atoms with Crippen LogP contribution in [0.3, 0.4) is 0 Å². The van der Waals surface area contributed by atoms with Crippen molar-refractivity contribution < 1.29 is 9.57 Å². The molecule has 0 amide bonds. The van der Waals surface area contributed by atoms with Crippen molar-refractivity contribution >= 4 is 22.6 Å². The first-order valence-corrected chi connectivity index (χ1v) is 10.8. The van der Waals surface area contributed by atoms with Gasteiger partial charge in [-0.15, -0.1) is 4.73 Å². The lowest BCUT2D eigenvalue weighted by Crippen LogP contribution is -2.42. The molecule has 0 N–H and O–H groups in total. The molecule has 1 aromatic heterocycles. The average molecular weight is 455 g/mol. The number of nitrogens with zero attached hydrogens (tertiary/aromatic N) is 2. The van der Waals surface area contributed by atoms with E-state index in [1.165, 1.54) is 4.73 Å². The largest absolute Gasteiger partial charge is 0.618 e. The minimum Gasteiger partial charge on any atom is -0.618 e. The molecule has 33 heavy (non-hydrogen) atoms. The molecular formula is C27H19ClN2O3. The van der Waals surface area contributed by atoms with E-state index in [-0.39, 0.29) is 12.3 Å². The highest BCUT2D eigenvalue weighted by atomic mass is 35.5. The third-order valence-electron chi connectivity index (χ3n) is 5.45. The van der Waals surface area contributed by atoms with E-state index in [1.54, 1.807) is 48.5 Å². The van der Waals surface area contributed by atoms with Gasteiger partial charge in [0.15, 0.2) is 5.52 Å². The monoisotopic (exact) mass is 454 g/mol. The van der Waals surface area contributed by atoms with Crippen LogP contribution in [0.25, 0.3) is 33.4 Å². The van der Waals surface area contributed by atoms with Crippen LogP contribution in [-0.2, 0) is 6.61 Å². The van der Waals surface area contributed by atoms with Gasteiger partial charge in [0.1, 0.15) is 6.61 Å². The summed E-state index contributed by atoms with van der Waals surface area (Å²) in [6, 6.07) is 31.3. The van der Waals surface area contributed by atoms with Gasteiger partial charge in [0, 0.05) is 11.1 Å². The molecule has 5 rings (SSSR count). The van der Waals surface area contributed by atoms with Gasteiger partial charge < -0.3 is 10.0 Å². The number of rotatable bonds is 5. The molecule has 0 saturated heterocycles. The van der Waals surface area contributed by atoms with Crippen LogP contribution < -0.4 is 15.1 Å². The van der Waals surface area contributed by atoms with Gasteiger partial charge in [-0.2, -0.15) is 4.73 Å². The molecule has 0 aliphatic carbocycles. The second kappa shape index (κ2) is 8.81. The van der Waals surface area contributed by atoms with Crippen molar-refractivity contribution in [2.24, 2.45) is 0 Å². The van der Waals surface area contributed by atoms with Crippen molar-refractivity contribution in [3.05, 3.63) is 129 Å². The molecule has 5 aromatic rings. The van der Waals surface area contributed by atoms with Crippen LogP contribution in [0.5, 0.6) is 0 Å². The van der Waals surface area contributed by atoms with E-state index in [0.717, 1.165) is 16.7 Å². The molecule has 0 atom stereocenters. The Morgan fingerprint density at radius 2 is 1.36 bits per heavy atom. The summed E-state index contributed by atoms with van der Waals surface area (Å²) < 4.78 is 1.87. The van der Waals surface area contributed by atoms with Crippen LogP contribution >= 0.6 is 11.6 Å². The lowest BCUT2D eigenvalue weighted by Gasteiger charge is -2.14. The number of benzene rings is 4. The van der Waals surface area contributed by atoms with Crippen molar-refractivity contribution in [1.29, 1.82) is 0 Å². The average Bonchev–Trinajstić information content (AvgIpc) is 2.86. The number of halogens is 1. The van der Waals surface area contributed by atoms with E-state index in [0.29, 0.717) is 26.3 Å². The fraction of sp³-hybridized carbons (Fsp3) is 0.0370. The minimum absolute atomic E-state index is 0.00409. The Balaban J connectivity index is 1.59. The van der Waals surface area contributed by atoms with Gasteiger partial charge in [0.05, 0.1) is 5.56 Å². The van der Waals surface area contributed by atoms with Crippen LogP contribution in [0.15, 0.2) is 108 Å². The van der Waals surface area contributed by atoms with Crippen molar-refractivity contribution in [2.45, 2.75) is 6.61 Å². The van der Waals surface area contributed by atoms with Crippen LogP contribution in [-0.4, -0.2) is 4.73 Å². The van der Waals surface area contributed by atoms with Crippen LogP contribution in [0.1, 0.15) is 5.56 Å². The second-order valence-corrected chi connectivity index (χ2v) is 8.01. The summed E-state index contributed by atoms with van der Waals surface area (Å²) in [6.07, 6.45) is 0. The molecule has 0 aliphatic rings. The van der Waals surface area contributed by atoms with Crippen LogP contribution in [0.4, 0.5) is 0 Å². The van der Waals surface area contributed by atoms with Crippen LogP contribution in [0.2, 0.25) is 5.02 Å². The molecule has 162 valence electrons. The van der Waals surface area contributed by atoms with Gasteiger partial charge >= 0.3 is 5.56 Å². The Morgan fingerprint density at radius 1 is 0.758 bits per heavy atom. The SMILES string of the molecule is O=c1c(-c2ccc(-c3ccccc3)cc2)[n+]([O-])c2ccccc2n1OCc1ccc(Cl)cc1. The molecule has 0 spiro atoms. The van der Waals surface area contributed by atoms with Gasteiger partial charge in [-0.3, -0.25) is 4.79 Å². The van der Waals surface area contributed by atoms with Crippen LogP contribution in [0, 0.1) is 5.21 Å². The first-order valence-electron chi connectivity index (χ1n) is 10.4. The van der Waals surface area contributed by atoms with Crippen molar-refractivity contribution in [2.75, 3.05) is 0 Å². The molecule has 0 fully saturated rings. The smallest absolute Gasteiger partial charge is 0.357 e. The first-order chi connectivity index (χ1) is 16.1. The third kappa shape index (κ3) is 4.06. The lowest BCUT2D eigenvalue weighted by molar-refractivity contribution is -0.566. The zero-order valence-electron chi connectivity index (χ0n) is 17.5. The number of hydrogen-bond acceptors (Lipinski definition) is 3. The lowest BCUT2D eigenvalue weighted by atomic mass is 10.0. The standard InChI is InChI=1S/C27H19ClN2O3/c28-23-16-10-19(11-17-23)18-33-30-25-9-5-4-8-24(25)29(32)26(27(30)31)22-14-12-21(13-15-22)20-6-2-1-3-7-20/h1-17H,18H2. The van der Waals surface area contributed by atoms with Gasteiger partial charge in [0.2, 0.25) is 5.52 Å². The number of hydrogen-bond donors (Lipinski definition) is 0. The molecular weight excluding hydrogens is 436 g/mol. The Morgan fingerprint density at radius 3 is 2.09 bits per heavy atom. The summed E-state index contributed by atoms with van der Waals surface area (Å²) in [5, 5.41) is 13.8. The highest BCUT2D eigenvalue weighted by Crippen LogP contribution is 2.23. The van der Waals surface area contributed by atoms with E-state index in [1.807, 2.05) is 54.6 Å². The molecule has 0 radical (unpaired) electrons. The molecule has 1 heterocycles. The Bertz CT molecular complexity index is 1480. The molecule has 4 aromatic carbocycles. The summed E-state index contributed by atoms with van der Waals surface area (Å²) in [5.74, 6) is 0. The zero-order chi connectivity index (χ0) is 22.8. The maximum absolute atomic E-state index is 13.4. The molecule has 0 saturated carbocycles. The fourth-order valence-corrected chi connectivity index (χ4v) is 3.89. The number of aromatic nitrogens is 2. The number of para-hydroxylation sites is 2. The molecule has 0 unspecified atom stereocenters. The molecule has 0 aliphatic heterocycles. The van der Waals surface area contributed by atoms with E-state index in [2.05, 4.69) is 0 Å². The summed E-state index contributed by atoms with van der Waals surface area (Å²) in [4.78, 5) is 19.3. The van der Waals surface area contributed by atoms with Gasteiger partial charge in [-0.1, -0.05) is 78.3 Å². The summed E-state index contributed by atoms with van der Waals surface area (Å²) in [5.41, 5.74) is 3.64. The van der Waals surface area contributed by atoms with Gasteiger partial charge in [-0.05, 0) is 47.0 Å². The Hall–Kier alpha value is -4.09. The van der Waals surface area contributed by atoms with Crippen molar-refractivity contribution in [1.82, 2.24) is 4.73 Å². The highest BCUT2D eigenvalue weighted by Gasteiger charge is 2.23. The minimum atomic E-state index is -0.523. The van der Waals surface area contributed by atoms with Gasteiger partial charge in [0.25, 0.3) is 5.69 Å². The molecule has 0 bridgehead atoms. The fourth-order valence-electron chi connectivity index (χ4n) is 3.76. The Kier molecular flexibility index (Phi) is 5.55. The maximum atomic E-state index is 13.4. The van der Waals surface area contributed by atoms with Crippen molar-refractivity contribution in [3.63, 3.8) is 0 Å². The second-order valence-electron chi connectivity index (χ2n) is 7.57. The first kappa shape index (κ1) is 20.8. The zero-order valence-corrected chi connectivity index (χ0v) is 18.3. The highest BCUT2D eigenvalue weighted by molar-refractivity contribution is 6.30. The Labute approximate surface area is 195 Å². The van der Waals surface area contributed by atoms with E-state index < -0.39 is 5.56 Å². The topological polar surface area (TPSA) is 58.2 Å². The van der Waals surface area contributed by atoms with E-state index >= 15 is 0 Å². The predicted molar refractivity (Wildman–Crippen MR) is 130 cm³/mol. The summed E-state index contributed by atoms with van der Waals surface area (Å²) in [7, 11) is 0. The maximum Gasteiger partial charge on any atom is 0.357 e. The van der Waals surface area contributed by atoms with Crippen molar-refractivity contribution in [3.8, 4) is 22.4 Å². The number of fused-ring (bicyclic) bond motifs is 1. The summed E-state index contributed by atoms with van der Waals surface area (Å²) in [6.45, 7) is 0.149. The van der Waals surface area contributed by atoms with E-state index in [9.17, 15) is 10.0 Å². The summed E-state index contributed by atoms with van der Waals surface area (Å²) >= 11 is 5.95. The predicted octanol–water partition coefficient (Wildman–Crippen LogP) is 5.25. The van der Waals surface area contributed by atoms with E-state index in [4.69, 9.17) is 16.4 Å². The molecule has 5 nitrogen and oxygen atoms in total. The third-order valence-corrected chi connectivity index (χ3v) is 5.70. The normalized spacial score (nSPS) is 10.9.